The minimum absolute atomic E-state index is 0.681. The fraction of sp³-hybridized carbons (Fsp3) is 1.00. The Hall–Kier alpha value is -0.0800. The molecule has 2 heteroatoms. The second-order valence-electron chi connectivity index (χ2n) is 4.44. The van der Waals surface area contributed by atoms with E-state index in [0.29, 0.717) is 6.04 Å². The predicted octanol–water partition coefficient (Wildman–Crippen LogP) is 1.72. The van der Waals surface area contributed by atoms with Crippen LogP contribution in [0.25, 0.3) is 0 Å². The third kappa shape index (κ3) is 4.10. The Morgan fingerprint density at radius 2 is 2.31 bits per heavy atom. The standard InChI is InChI=1S/C11H24N2/c1-4-12-11(3)6-8-13-7-5-10(2)9-13/h10-12H,4-9H2,1-3H3. The number of hydrogen-bond donors (Lipinski definition) is 1. The Morgan fingerprint density at radius 3 is 2.85 bits per heavy atom. The van der Waals surface area contributed by atoms with Crippen molar-refractivity contribution in [3.8, 4) is 0 Å². The SMILES string of the molecule is CCNC(C)CCN1CCC(C)C1. The Kier molecular flexibility index (Phi) is 4.74. The van der Waals surface area contributed by atoms with Crippen molar-refractivity contribution in [2.24, 2.45) is 5.92 Å². The van der Waals surface area contributed by atoms with Gasteiger partial charge in [-0.2, -0.15) is 0 Å². The van der Waals surface area contributed by atoms with Crippen molar-refractivity contribution in [1.29, 1.82) is 0 Å². The highest BCUT2D eigenvalue weighted by molar-refractivity contribution is 4.73. The summed E-state index contributed by atoms with van der Waals surface area (Å²) in [5, 5.41) is 3.45. The summed E-state index contributed by atoms with van der Waals surface area (Å²) in [5.41, 5.74) is 0. The molecule has 0 aromatic rings. The van der Waals surface area contributed by atoms with Crippen LogP contribution in [0.2, 0.25) is 0 Å². The van der Waals surface area contributed by atoms with Crippen molar-refractivity contribution in [1.82, 2.24) is 10.2 Å². The maximum atomic E-state index is 3.45. The summed E-state index contributed by atoms with van der Waals surface area (Å²) in [6.45, 7) is 11.8. The largest absolute Gasteiger partial charge is 0.314 e. The quantitative estimate of drug-likeness (QED) is 0.700. The average Bonchev–Trinajstić information content (AvgIpc) is 2.49. The summed E-state index contributed by atoms with van der Waals surface area (Å²) in [5.74, 6) is 0.925. The fourth-order valence-corrected chi connectivity index (χ4v) is 2.06. The van der Waals surface area contributed by atoms with Gasteiger partial charge in [0.25, 0.3) is 0 Å². The van der Waals surface area contributed by atoms with Crippen molar-refractivity contribution in [3.63, 3.8) is 0 Å². The van der Waals surface area contributed by atoms with Gasteiger partial charge < -0.3 is 10.2 Å². The first-order chi connectivity index (χ1) is 6.22. The van der Waals surface area contributed by atoms with Crippen LogP contribution in [-0.4, -0.2) is 37.1 Å². The molecule has 0 spiro atoms. The first-order valence-electron chi connectivity index (χ1n) is 5.68. The van der Waals surface area contributed by atoms with E-state index >= 15 is 0 Å². The second-order valence-corrected chi connectivity index (χ2v) is 4.44. The molecule has 0 bridgehead atoms. The molecule has 0 saturated carbocycles. The Balaban J connectivity index is 2.05. The molecule has 2 atom stereocenters. The first kappa shape index (κ1) is 11.0. The molecule has 1 aliphatic heterocycles. The van der Waals surface area contributed by atoms with E-state index in [1.165, 1.54) is 32.5 Å². The maximum Gasteiger partial charge on any atom is 0.00507 e. The van der Waals surface area contributed by atoms with E-state index in [1.54, 1.807) is 0 Å². The minimum atomic E-state index is 0.681. The number of rotatable bonds is 5. The normalized spacial score (nSPS) is 26.5. The van der Waals surface area contributed by atoms with Gasteiger partial charge in [0.2, 0.25) is 0 Å². The fourth-order valence-electron chi connectivity index (χ4n) is 2.06. The molecule has 0 radical (unpaired) electrons. The number of nitrogens with one attached hydrogen (secondary N) is 1. The van der Waals surface area contributed by atoms with Crippen LogP contribution in [0.5, 0.6) is 0 Å². The van der Waals surface area contributed by atoms with Gasteiger partial charge in [-0.3, -0.25) is 0 Å². The van der Waals surface area contributed by atoms with Crippen molar-refractivity contribution >= 4 is 0 Å². The molecule has 0 aromatic carbocycles. The van der Waals surface area contributed by atoms with E-state index < -0.39 is 0 Å². The highest BCUT2D eigenvalue weighted by Crippen LogP contribution is 2.15. The third-order valence-corrected chi connectivity index (χ3v) is 2.94. The van der Waals surface area contributed by atoms with E-state index in [1.807, 2.05) is 0 Å². The lowest BCUT2D eigenvalue weighted by Gasteiger charge is -2.18. The number of likely N-dealkylation sites (tertiary alicyclic amines) is 1. The van der Waals surface area contributed by atoms with Gasteiger partial charge in [0.15, 0.2) is 0 Å². The van der Waals surface area contributed by atoms with E-state index in [-0.39, 0.29) is 0 Å². The Bertz CT molecular complexity index is 136. The van der Waals surface area contributed by atoms with E-state index in [9.17, 15) is 0 Å². The molecule has 2 unspecified atom stereocenters. The first-order valence-corrected chi connectivity index (χ1v) is 5.68. The van der Waals surface area contributed by atoms with Crippen molar-refractivity contribution in [2.75, 3.05) is 26.2 Å². The van der Waals surface area contributed by atoms with Gasteiger partial charge in [0.05, 0.1) is 0 Å². The zero-order chi connectivity index (χ0) is 9.68. The third-order valence-electron chi connectivity index (χ3n) is 2.94. The monoisotopic (exact) mass is 184 g/mol. The van der Waals surface area contributed by atoms with Gasteiger partial charge in [0.1, 0.15) is 0 Å². The molecule has 1 fully saturated rings. The summed E-state index contributed by atoms with van der Waals surface area (Å²) in [4.78, 5) is 2.60. The van der Waals surface area contributed by atoms with Crippen LogP contribution in [0, 0.1) is 5.92 Å². The van der Waals surface area contributed by atoms with Crippen LogP contribution in [0.15, 0.2) is 0 Å². The summed E-state index contributed by atoms with van der Waals surface area (Å²) < 4.78 is 0. The molecule has 0 aromatic heterocycles. The Morgan fingerprint density at radius 1 is 1.54 bits per heavy atom. The second kappa shape index (κ2) is 5.61. The summed E-state index contributed by atoms with van der Waals surface area (Å²) in [6, 6.07) is 0.681. The van der Waals surface area contributed by atoms with Gasteiger partial charge in [-0.25, -0.2) is 0 Å². The van der Waals surface area contributed by atoms with Gasteiger partial charge in [0, 0.05) is 12.6 Å². The van der Waals surface area contributed by atoms with Gasteiger partial charge in [-0.05, 0) is 45.3 Å². The van der Waals surface area contributed by atoms with Crippen LogP contribution in [0.1, 0.15) is 33.6 Å². The molecule has 1 rings (SSSR count). The molecular weight excluding hydrogens is 160 g/mol. The molecule has 1 saturated heterocycles. The van der Waals surface area contributed by atoms with Crippen molar-refractivity contribution < 1.29 is 0 Å². The maximum absolute atomic E-state index is 3.45. The van der Waals surface area contributed by atoms with E-state index in [4.69, 9.17) is 0 Å². The summed E-state index contributed by atoms with van der Waals surface area (Å²) in [7, 11) is 0. The van der Waals surface area contributed by atoms with Crippen LogP contribution >= 0.6 is 0 Å². The molecule has 0 aliphatic carbocycles. The lowest BCUT2D eigenvalue weighted by Crippen LogP contribution is -2.31. The molecule has 1 heterocycles. The highest BCUT2D eigenvalue weighted by atomic mass is 15.1. The average molecular weight is 184 g/mol. The van der Waals surface area contributed by atoms with Crippen molar-refractivity contribution in [3.05, 3.63) is 0 Å². The van der Waals surface area contributed by atoms with E-state index in [2.05, 4.69) is 31.0 Å². The highest BCUT2D eigenvalue weighted by Gasteiger charge is 2.18. The topological polar surface area (TPSA) is 15.3 Å². The molecule has 78 valence electrons. The van der Waals surface area contributed by atoms with Gasteiger partial charge in [-0.1, -0.05) is 13.8 Å². The zero-order valence-corrected chi connectivity index (χ0v) is 9.34. The van der Waals surface area contributed by atoms with E-state index in [0.717, 1.165) is 12.5 Å². The Labute approximate surface area is 82.7 Å². The van der Waals surface area contributed by atoms with Gasteiger partial charge >= 0.3 is 0 Å². The zero-order valence-electron chi connectivity index (χ0n) is 9.34. The summed E-state index contributed by atoms with van der Waals surface area (Å²) in [6.07, 6.45) is 2.69. The lowest BCUT2D eigenvalue weighted by atomic mass is 10.2. The minimum Gasteiger partial charge on any atom is -0.314 e. The van der Waals surface area contributed by atoms with Crippen LogP contribution in [0.3, 0.4) is 0 Å². The van der Waals surface area contributed by atoms with Crippen LogP contribution < -0.4 is 5.32 Å². The molecule has 2 nitrogen and oxygen atoms in total. The molecular formula is C11H24N2. The molecule has 0 amide bonds. The number of nitrogens with zero attached hydrogens (tertiary/aromatic N) is 1. The molecule has 1 aliphatic rings. The van der Waals surface area contributed by atoms with Crippen molar-refractivity contribution in [2.45, 2.75) is 39.7 Å². The molecule has 13 heavy (non-hydrogen) atoms. The van der Waals surface area contributed by atoms with Crippen LogP contribution in [-0.2, 0) is 0 Å². The smallest absolute Gasteiger partial charge is 0.00507 e. The lowest BCUT2D eigenvalue weighted by molar-refractivity contribution is 0.306. The van der Waals surface area contributed by atoms with Crippen LogP contribution in [0.4, 0.5) is 0 Å². The molecule has 1 N–H and O–H groups in total. The van der Waals surface area contributed by atoms with Gasteiger partial charge in [-0.15, -0.1) is 0 Å². The predicted molar refractivity (Wildman–Crippen MR) is 58.0 cm³/mol. The summed E-state index contributed by atoms with van der Waals surface area (Å²) >= 11 is 0. The number of hydrogen-bond acceptors (Lipinski definition) is 2.